The molecule has 4 nitrogen and oxygen atoms in total. The number of rotatable bonds is 6. The highest BCUT2D eigenvalue weighted by Gasteiger charge is 2.42. The van der Waals surface area contributed by atoms with E-state index in [-0.39, 0.29) is 5.91 Å². The Bertz CT molecular complexity index is 512. The molecule has 1 fully saturated rings. The molecular formula is C16H22BrNO3. The maximum atomic E-state index is 12.1. The number of benzene rings is 1. The fourth-order valence-corrected chi connectivity index (χ4v) is 3.33. The summed E-state index contributed by atoms with van der Waals surface area (Å²) in [7, 11) is 1.63. The van der Waals surface area contributed by atoms with Gasteiger partial charge < -0.3 is 14.7 Å². The van der Waals surface area contributed by atoms with Gasteiger partial charge in [-0.3, -0.25) is 4.79 Å². The van der Waals surface area contributed by atoms with Crippen LogP contribution in [-0.4, -0.2) is 41.7 Å². The highest BCUT2D eigenvalue weighted by molar-refractivity contribution is 9.10. The normalized spacial score (nSPS) is 16.5. The van der Waals surface area contributed by atoms with Crippen LogP contribution in [0.2, 0.25) is 0 Å². The van der Waals surface area contributed by atoms with E-state index in [0.717, 1.165) is 28.6 Å². The third-order valence-electron chi connectivity index (χ3n) is 3.88. The minimum Gasteiger partial charge on any atom is -0.496 e. The van der Waals surface area contributed by atoms with E-state index >= 15 is 0 Å². The van der Waals surface area contributed by atoms with Gasteiger partial charge in [0.1, 0.15) is 5.75 Å². The number of ether oxygens (including phenoxy) is 1. The molecule has 1 aromatic carbocycles. The van der Waals surface area contributed by atoms with Crippen molar-refractivity contribution in [3.8, 4) is 5.75 Å². The van der Waals surface area contributed by atoms with Crippen molar-refractivity contribution >= 4 is 21.8 Å². The molecule has 0 radical (unpaired) electrons. The predicted molar refractivity (Wildman–Crippen MR) is 85.5 cm³/mol. The molecule has 0 aromatic heterocycles. The number of β-amino-alcohol motifs (C(OH)–C–C–N with tert-alkyl or cyclic N) is 1. The Kier molecular flexibility index (Phi) is 5.27. The molecule has 5 heteroatoms. The van der Waals surface area contributed by atoms with Gasteiger partial charge in [-0.05, 0) is 46.5 Å². The van der Waals surface area contributed by atoms with Gasteiger partial charge >= 0.3 is 0 Å². The lowest BCUT2D eigenvalue weighted by Crippen LogP contribution is -2.63. The van der Waals surface area contributed by atoms with Crippen LogP contribution in [-0.2, 0) is 11.2 Å². The maximum Gasteiger partial charge on any atom is 0.223 e. The van der Waals surface area contributed by atoms with E-state index < -0.39 is 5.60 Å². The summed E-state index contributed by atoms with van der Waals surface area (Å²) < 4.78 is 6.09. The van der Waals surface area contributed by atoms with Gasteiger partial charge in [0.15, 0.2) is 0 Å². The summed E-state index contributed by atoms with van der Waals surface area (Å²) in [6.07, 6.45) is 2.88. The van der Waals surface area contributed by atoms with E-state index in [1.807, 2.05) is 25.1 Å². The number of aryl methyl sites for hydroxylation is 1. The molecule has 2 rings (SSSR count). The van der Waals surface area contributed by atoms with Gasteiger partial charge in [0, 0.05) is 6.42 Å². The topological polar surface area (TPSA) is 49.8 Å². The van der Waals surface area contributed by atoms with Crippen LogP contribution in [0.15, 0.2) is 22.7 Å². The van der Waals surface area contributed by atoms with Crippen LogP contribution in [0.3, 0.4) is 0 Å². The Morgan fingerprint density at radius 2 is 2.19 bits per heavy atom. The second kappa shape index (κ2) is 6.79. The minimum absolute atomic E-state index is 0.114. The number of hydrogen-bond acceptors (Lipinski definition) is 3. The number of likely N-dealkylation sites (tertiary alicyclic amines) is 1. The predicted octanol–water partition coefficient (Wildman–Crippen LogP) is 2.76. The zero-order valence-electron chi connectivity index (χ0n) is 12.6. The molecule has 1 aliphatic heterocycles. The van der Waals surface area contributed by atoms with Crippen LogP contribution in [0.1, 0.15) is 31.7 Å². The first-order valence-electron chi connectivity index (χ1n) is 7.30. The van der Waals surface area contributed by atoms with Crippen LogP contribution < -0.4 is 4.74 Å². The van der Waals surface area contributed by atoms with Crippen LogP contribution in [0.25, 0.3) is 0 Å². The lowest BCUT2D eigenvalue weighted by molar-refractivity contribution is -0.156. The number of carbonyl (C=O) groups excluding carboxylic acids is 1. The number of aliphatic hydroxyl groups is 1. The first-order chi connectivity index (χ1) is 9.97. The van der Waals surface area contributed by atoms with E-state index in [2.05, 4.69) is 15.9 Å². The number of amides is 1. The Hall–Kier alpha value is -1.07. The fraction of sp³-hybridized carbons (Fsp3) is 0.562. The lowest BCUT2D eigenvalue weighted by atomic mass is 9.89. The third-order valence-corrected chi connectivity index (χ3v) is 4.50. The highest BCUT2D eigenvalue weighted by Crippen LogP contribution is 2.28. The van der Waals surface area contributed by atoms with Gasteiger partial charge in [-0.1, -0.05) is 19.4 Å². The van der Waals surface area contributed by atoms with E-state index in [0.29, 0.717) is 25.9 Å². The van der Waals surface area contributed by atoms with E-state index in [1.54, 1.807) is 12.0 Å². The molecule has 0 saturated carbocycles. The molecule has 0 unspecified atom stereocenters. The van der Waals surface area contributed by atoms with Gasteiger partial charge in [0.2, 0.25) is 5.91 Å². The summed E-state index contributed by atoms with van der Waals surface area (Å²) in [5.74, 6) is 0.903. The summed E-state index contributed by atoms with van der Waals surface area (Å²) >= 11 is 3.45. The number of halogens is 1. The van der Waals surface area contributed by atoms with Gasteiger partial charge in [-0.2, -0.15) is 0 Å². The van der Waals surface area contributed by atoms with Gasteiger partial charge in [-0.15, -0.1) is 0 Å². The summed E-state index contributed by atoms with van der Waals surface area (Å²) in [4.78, 5) is 13.8. The minimum atomic E-state index is -0.645. The summed E-state index contributed by atoms with van der Waals surface area (Å²) in [6.45, 7) is 3.00. The van der Waals surface area contributed by atoms with Crippen LogP contribution in [0.5, 0.6) is 5.75 Å². The average molecular weight is 356 g/mol. The van der Waals surface area contributed by atoms with E-state index in [1.165, 1.54) is 0 Å². The van der Waals surface area contributed by atoms with Crippen LogP contribution >= 0.6 is 15.9 Å². The molecule has 0 atom stereocenters. The molecule has 21 heavy (non-hydrogen) atoms. The molecule has 1 amide bonds. The largest absolute Gasteiger partial charge is 0.496 e. The monoisotopic (exact) mass is 355 g/mol. The second-order valence-corrected chi connectivity index (χ2v) is 6.55. The summed E-state index contributed by atoms with van der Waals surface area (Å²) in [5, 5.41) is 10.1. The lowest BCUT2D eigenvalue weighted by Gasteiger charge is -2.46. The molecule has 1 aromatic rings. The molecule has 0 spiro atoms. The number of carbonyl (C=O) groups is 1. The molecule has 1 saturated heterocycles. The smallest absolute Gasteiger partial charge is 0.223 e. The molecule has 1 N–H and O–H groups in total. The number of nitrogens with zero attached hydrogens (tertiary/aromatic N) is 1. The van der Waals surface area contributed by atoms with Crippen molar-refractivity contribution in [2.24, 2.45) is 0 Å². The van der Waals surface area contributed by atoms with Crippen molar-refractivity contribution in [1.29, 1.82) is 0 Å². The standard InChI is InChI=1S/C16H22BrNO3/c1-3-8-16(20)10-18(11-16)15(19)7-5-12-4-6-14(21-2)13(17)9-12/h4,6,9,20H,3,5,7-8,10-11H2,1-2H3. The Morgan fingerprint density at radius 3 is 2.76 bits per heavy atom. The third kappa shape index (κ3) is 3.98. The Morgan fingerprint density at radius 1 is 1.48 bits per heavy atom. The fourth-order valence-electron chi connectivity index (χ4n) is 2.74. The van der Waals surface area contributed by atoms with E-state index in [9.17, 15) is 9.90 Å². The second-order valence-electron chi connectivity index (χ2n) is 5.69. The van der Waals surface area contributed by atoms with Crippen molar-refractivity contribution in [3.05, 3.63) is 28.2 Å². The zero-order valence-corrected chi connectivity index (χ0v) is 14.1. The molecule has 116 valence electrons. The van der Waals surface area contributed by atoms with Gasteiger partial charge in [0.25, 0.3) is 0 Å². The van der Waals surface area contributed by atoms with Gasteiger partial charge in [0.05, 0.1) is 30.3 Å². The first kappa shape index (κ1) is 16.3. The van der Waals surface area contributed by atoms with E-state index in [4.69, 9.17) is 4.74 Å². The molecule has 1 heterocycles. The maximum absolute atomic E-state index is 12.1. The van der Waals surface area contributed by atoms with Crippen molar-refractivity contribution < 1.29 is 14.6 Å². The van der Waals surface area contributed by atoms with Crippen molar-refractivity contribution in [2.75, 3.05) is 20.2 Å². The molecular weight excluding hydrogens is 334 g/mol. The summed E-state index contributed by atoms with van der Waals surface area (Å²) in [5.41, 5.74) is 0.452. The quantitative estimate of drug-likeness (QED) is 0.853. The number of hydrogen-bond donors (Lipinski definition) is 1. The van der Waals surface area contributed by atoms with Crippen molar-refractivity contribution in [1.82, 2.24) is 4.90 Å². The first-order valence-corrected chi connectivity index (χ1v) is 8.09. The Labute approximate surface area is 134 Å². The SMILES string of the molecule is CCCC1(O)CN(C(=O)CCc2ccc(OC)c(Br)c2)C1. The van der Waals surface area contributed by atoms with Crippen molar-refractivity contribution in [3.63, 3.8) is 0 Å². The number of methoxy groups -OCH3 is 1. The Balaban J connectivity index is 1.81. The highest BCUT2D eigenvalue weighted by atomic mass is 79.9. The van der Waals surface area contributed by atoms with Crippen molar-refractivity contribution in [2.45, 2.75) is 38.2 Å². The summed E-state index contributed by atoms with van der Waals surface area (Å²) in [6, 6.07) is 5.85. The zero-order chi connectivity index (χ0) is 15.5. The molecule has 0 bridgehead atoms. The van der Waals surface area contributed by atoms with Crippen LogP contribution in [0.4, 0.5) is 0 Å². The van der Waals surface area contributed by atoms with Gasteiger partial charge in [-0.25, -0.2) is 0 Å². The molecule has 1 aliphatic rings. The average Bonchev–Trinajstić information content (AvgIpc) is 2.42. The molecule has 0 aliphatic carbocycles. The van der Waals surface area contributed by atoms with Crippen LogP contribution in [0, 0.1) is 0 Å².